The van der Waals surface area contributed by atoms with Gasteiger partial charge in [0.15, 0.2) is 5.78 Å². The van der Waals surface area contributed by atoms with Crippen LogP contribution in [0.25, 0.3) is 0 Å². The second kappa shape index (κ2) is 4.22. The summed E-state index contributed by atoms with van der Waals surface area (Å²) in [5.41, 5.74) is 2.67. The molecule has 0 saturated carbocycles. The van der Waals surface area contributed by atoms with E-state index in [2.05, 4.69) is 0 Å². The number of benzene rings is 2. The number of ketones is 1. The minimum atomic E-state index is -0.579. The second-order valence-corrected chi connectivity index (χ2v) is 4.50. The molecule has 1 aliphatic rings. The summed E-state index contributed by atoms with van der Waals surface area (Å²) in [7, 11) is 0. The predicted molar refractivity (Wildman–Crippen MR) is 68.6 cm³/mol. The van der Waals surface area contributed by atoms with E-state index in [1.54, 1.807) is 6.07 Å². The fourth-order valence-electron chi connectivity index (χ4n) is 2.70. The molecule has 0 fully saturated rings. The van der Waals surface area contributed by atoms with E-state index in [0.717, 1.165) is 17.4 Å². The third-order valence-electron chi connectivity index (χ3n) is 3.53. The minimum absolute atomic E-state index is 0.0607. The summed E-state index contributed by atoms with van der Waals surface area (Å²) in [6.45, 7) is 0. The summed E-state index contributed by atoms with van der Waals surface area (Å²) >= 11 is 0. The van der Waals surface area contributed by atoms with E-state index < -0.39 is 5.92 Å². The van der Waals surface area contributed by atoms with E-state index in [9.17, 15) is 9.59 Å². The van der Waals surface area contributed by atoms with Crippen molar-refractivity contribution in [3.05, 3.63) is 71.3 Å². The van der Waals surface area contributed by atoms with Crippen molar-refractivity contribution in [2.24, 2.45) is 5.92 Å². The topological polar surface area (TPSA) is 34.1 Å². The summed E-state index contributed by atoms with van der Waals surface area (Å²) < 4.78 is 0. The lowest BCUT2D eigenvalue weighted by Crippen LogP contribution is -2.16. The highest BCUT2D eigenvalue weighted by Crippen LogP contribution is 2.41. The first-order valence-electron chi connectivity index (χ1n) is 5.96. The quantitative estimate of drug-likeness (QED) is 0.593. The smallest absolute Gasteiger partial charge is 0.174 e. The molecule has 18 heavy (non-hydrogen) atoms. The van der Waals surface area contributed by atoms with Crippen LogP contribution < -0.4 is 0 Å². The Hall–Kier alpha value is -2.22. The zero-order chi connectivity index (χ0) is 12.5. The molecule has 0 aromatic heterocycles. The van der Waals surface area contributed by atoms with E-state index in [0.29, 0.717) is 5.56 Å². The van der Waals surface area contributed by atoms with Gasteiger partial charge in [0, 0.05) is 11.5 Å². The number of hydrogen-bond donors (Lipinski definition) is 0. The van der Waals surface area contributed by atoms with Crippen LogP contribution in [0.5, 0.6) is 0 Å². The summed E-state index contributed by atoms with van der Waals surface area (Å²) in [5.74, 6) is -0.772. The lowest BCUT2D eigenvalue weighted by Gasteiger charge is -2.14. The Bertz CT molecular complexity index is 602. The van der Waals surface area contributed by atoms with Crippen molar-refractivity contribution < 1.29 is 9.59 Å². The van der Waals surface area contributed by atoms with Gasteiger partial charge in [-0.25, -0.2) is 0 Å². The zero-order valence-electron chi connectivity index (χ0n) is 9.74. The van der Waals surface area contributed by atoms with Crippen LogP contribution in [-0.4, -0.2) is 12.1 Å². The standard InChI is InChI=1S/C16H12O2/c17-10-14-15(11-6-2-1-3-7-11)12-8-4-5-9-13(12)16(14)18/h1-10,14-15H/t14-,15-/m1/s1. The van der Waals surface area contributed by atoms with Crippen LogP contribution in [0.1, 0.15) is 27.4 Å². The molecule has 0 unspecified atom stereocenters. The number of rotatable bonds is 2. The summed E-state index contributed by atoms with van der Waals surface area (Å²) in [5, 5.41) is 0. The largest absolute Gasteiger partial charge is 0.303 e. The molecule has 0 heterocycles. The van der Waals surface area contributed by atoms with Gasteiger partial charge in [-0.1, -0.05) is 54.6 Å². The Morgan fingerprint density at radius 1 is 0.889 bits per heavy atom. The van der Waals surface area contributed by atoms with Crippen molar-refractivity contribution >= 4 is 12.1 Å². The van der Waals surface area contributed by atoms with Gasteiger partial charge in [-0.2, -0.15) is 0 Å². The van der Waals surface area contributed by atoms with Gasteiger partial charge in [0.2, 0.25) is 0 Å². The van der Waals surface area contributed by atoms with E-state index >= 15 is 0 Å². The number of fused-ring (bicyclic) bond motifs is 1. The molecule has 88 valence electrons. The van der Waals surface area contributed by atoms with Gasteiger partial charge >= 0.3 is 0 Å². The van der Waals surface area contributed by atoms with Crippen molar-refractivity contribution in [1.29, 1.82) is 0 Å². The highest BCUT2D eigenvalue weighted by atomic mass is 16.1. The maximum Gasteiger partial charge on any atom is 0.174 e. The molecule has 0 radical (unpaired) electrons. The Kier molecular flexibility index (Phi) is 2.56. The average Bonchev–Trinajstić information content (AvgIpc) is 2.73. The van der Waals surface area contributed by atoms with Crippen LogP contribution in [0, 0.1) is 5.92 Å². The van der Waals surface area contributed by atoms with Gasteiger partial charge in [0.05, 0.1) is 5.92 Å². The monoisotopic (exact) mass is 236 g/mol. The molecule has 0 N–H and O–H groups in total. The highest BCUT2D eigenvalue weighted by molar-refractivity contribution is 6.10. The van der Waals surface area contributed by atoms with E-state index in [-0.39, 0.29) is 11.7 Å². The zero-order valence-corrected chi connectivity index (χ0v) is 9.74. The number of aldehydes is 1. The normalized spacial score (nSPS) is 21.7. The van der Waals surface area contributed by atoms with Gasteiger partial charge in [0.1, 0.15) is 6.29 Å². The molecular weight excluding hydrogens is 224 g/mol. The van der Waals surface area contributed by atoms with Gasteiger partial charge in [0.25, 0.3) is 0 Å². The molecule has 2 aromatic carbocycles. The fourth-order valence-corrected chi connectivity index (χ4v) is 2.70. The Morgan fingerprint density at radius 3 is 2.28 bits per heavy atom. The average molecular weight is 236 g/mol. The van der Waals surface area contributed by atoms with Crippen molar-refractivity contribution in [3.8, 4) is 0 Å². The van der Waals surface area contributed by atoms with E-state index in [4.69, 9.17) is 0 Å². The van der Waals surface area contributed by atoms with Crippen molar-refractivity contribution in [3.63, 3.8) is 0 Å². The summed E-state index contributed by atoms with van der Waals surface area (Å²) in [6, 6.07) is 17.2. The van der Waals surface area contributed by atoms with Crippen LogP contribution in [0.3, 0.4) is 0 Å². The predicted octanol–water partition coefficient (Wildman–Crippen LogP) is 2.83. The third kappa shape index (κ3) is 1.50. The first-order valence-corrected chi connectivity index (χ1v) is 5.96. The van der Waals surface area contributed by atoms with Crippen LogP contribution in [0.4, 0.5) is 0 Å². The number of hydrogen-bond acceptors (Lipinski definition) is 2. The van der Waals surface area contributed by atoms with Crippen LogP contribution in [-0.2, 0) is 4.79 Å². The molecule has 3 rings (SSSR count). The SMILES string of the molecule is O=C[C@H]1C(=O)c2ccccc2[C@H]1c1ccccc1. The lowest BCUT2D eigenvalue weighted by atomic mass is 9.86. The molecule has 2 nitrogen and oxygen atoms in total. The molecule has 0 spiro atoms. The van der Waals surface area contributed by atoms with Gasteiger partial charge in [-0.3, -0.25) is 4.79 Å². The fraction of sp³-hybridized carbons (Fsp3) is 0.125. The number of carbonyl (C=O) groups is 2. The molecule has 0 amide bonds. The lowest BCUT2D eigenvalue weighted by molar-refractivity contribution is -0.110. The Labute approximate surface area is 105 Å². The summed E-state index contributed by atoms with van der Waals surface area (Å²) in [6.07, 6.45) is 0.778. The van der Waals surface area contributed by atoms with Crippen LogP contribution in [0.15, 0.2) is 54.6 Å². The molecule has 2 atom stereocenters. The third-order valence-corrected chi connectivity index (χ3v) is 3.53. The maximum absolute atomic E-state index is 12.2. The minimum Gasteiger partial charge on any atom is -0.303 e. The molecular formula is C16H12O2. The van der Waals surface area contributed by atoms with Gasteiger partial charge in [-0.15, -0.1) is 0 Å². The van der Waals surface area contributed by atoms with Crippen molar-refractivity contribution in [2.75, 3.05) is 0 Å². The summed E-state index contributed by atoms with van der Waals surface area (Å²) in [4.78, 5) is 23.4. The molecule has 0 aliphatic heterocycles. The Balaban J connectivity index is 2.19. The van der Waals surface area contributed by atoms with E-state index in [1.807, 2.05) is 48.5 Å². The first-order chi connectivity index (χ1) is 8.83. The van der Waals surface area contributed by atoms with Crippen molar-refractivity contribution in [1.82, 2.24) is 0 Å². The van der Waals surface area contributed by atoms with Crippen molar-refractivity contribution in [2.45, 2.75) is 5.92 Å². The number of carbonyl (C=O) groups excluding carboxylic acids is 2. The molecule has 2 heteroatoms. The number of Topliss-reactive ketones (excluding diaryl/α,β-unsaturated/α-hetero) is 1. The van der Waals surface area contributed by atoms with Crippen LogP contribution in [0.2, 0.25) is 0 Å². The maximum atomic E-state index is 12.2. The first kappa shape index (κ1) is 10.9. The van der Waals surface area contributed by atoms with Gasteiger partial charge in [-0.05, 0) is 11.1 Å². The molecule has 0 bridgehead atoms. The van der Waals surface area contributed by atoms with E-state index in [1.165, 1.54) is 0 Å². The van der Waals surface area contributed by atoms with Gasteiger partial charge < -0.3 is 4.79 Å². The highest BCUT2D eigenvalue weighted by Gasteiger charge is 2.39. The molecule has 0 saturated heterocycles. The van der Waals surface area contributed by atoms with Crippen LogP contribution >= 0.6 is 0 Å². The Morgan fingerprint density at radius 2 is 1.56 bits per heavy atom. The molecule has 1 aliphatic carbocycles. The molecule has 2 aromatic rings. The second-order valence-electron chi connectivity index (χ2n) is 4.50.